The summed E-state index contributed by atoms with van der Waals surface area (Å²) in [5, 5.41) is 11.4. The molecule has 3 nitrogen and oxygen atoms in total. The lowest BCUT2D eigenvalue weighted by Gasteiger charge is -2.40. The molecule has 1 heterocycles. The molecule has 0 bridgehead atoms. The first-order valence-electron chi connectivity index (χ1n) is 8.27. The van der Waals surface area contributed by atoms with Gasteiger partial charge in [0.1, 0.15) is 17.0 Å². The number of rotatable bonds is 2. The van der Waals surface area contributed by atoms with Gasteiger partial charge < -0.3 is 9.84 Å². The molecule has 0 aliphatic carbocycles. The third-order valence-corrected chi connectivity index (χ3v) is 5.45. The van der Waals surface area contributed by atoms with E-state index in [2.05, 4.69) is 15.9 Å². The molecule has 2 aromatic rings. The van der Waals surface area contributed by atoms with E-state index in [1.807, 2.05) is 42.5 Å². The van der Waals surface area contributed by atoms with Gasteiger partial charge in [-0.25, -0.2) is 0 Å². The predicted molar refractivity (Wildman–Crippen MR) is 108 cm³/mol. The molecule has 2 aromatic carbocycles. The maximum absolute atomic E-state index is 13.0. The minimum Gasteiger partial charge on any atom is -0.508 e. The second-order valence-corrected chi connectivity index (χ2v) is 8.67. The molecule has 3 rings (SSSR count). The van der Waals surface area contributed by atoms with Crippen LogP contribution >= 0.6 is 27.5 Å². The van der Waals surface area contributed by atoms with Gasteiger partial charge in [0.2, 0.25) is 0 Å². The highest BCUT2D eigenvalue weighted by Crippen LogP contribution is 2.42. The van der Waals surface area contributed by atoms with Crippen LogP contribution in [0.5, 0.6) is 0 Å². The van der Waals surface area contributed by atoms with Crippen molar-refractivity contribution in [1.29, 1.82) is 0 Å². The zero-order valence-electron chi connectivity index (χ0n) is 15.1. The molecule has 136 valence electrons. The molecule has 0 spiro atoms. The zero-order valence-corrected chi connectivity index (χ0v) is 17.4. The van der Waals surface area contributed by atoms with Gasteiger partial charge >= 0.3 is 0 Å². The van der Waals surface area contributed by atoms with Crippen LogP contribution in [-0.2, 0) is 9.53 Å². The quantitative estimate of drug-likeness (QED) is 0.611. The number of carbonyl (C=O) groups excluding carboxylic acids is 1. The van der Waals surface area contributed by atoms with E-state index in [-0.39, 0.29) is 17.1 Å². The molecule has 0 amide bonds. The molecule has 1 aliphatic heterocycles. The minimum absolute atomic E-state index is 0.0595. The number of hydrogen-bond donors (Lipinski definition) is 1. The summed E-state index contributed by atoms with van der Waals surface area (Å²) in [5.74, 6) is -0.306. The average Bonchev–Trinajstić information content (AvgIpc) is 2.55. The summed E-state index contributed by atoms with van der Waals surface area (Å²) in [7, 11) is 0. The molecular formula is C21H20BrClO3. The van der Waals surface area contributed by atoms with Crippen LogP contribution in [0.3, 0.4) is 0 Å². The normalized spacial score (nSPS) is 18.9. The Labute approximate surface area is 166 Å². The highest BCUT2D eigenvalue weighted by Gasteiger charge is 2.47. The number of Topliss-reactive ketones (excluding diaryl/α,β-unsaturated/α-hetero) is 1. The lowest BCUT2D eigenvalue weighted by atomic mass is 9.82. The van der Waals surface area contributed by atoms with Crippen molar-refractivity contribution < 1.29 is 14.6 Å². The Morgan fingerprint density at radius 3 is 2.15 bits per heavy atom. The molecule has 0 atom stereocenters. The van der Waals surface area contributed by atoms with E-state index >= 15 is 0 Å². The summed E-state index contributed by atoms with van der Waals surface area (Å²) in [4.78, 5) is 13.0. The van der Waals surface area contributed by atoms with Crippen molar-refractivity contribution in [3.8, 4) is 11.1 Å². The molecule has 1 aliphatic rings. The standard InChI is InChI=1S/C21H20BrClO3/c1-20(2)18(24)17(19(25)21(3,4)26-20)15-11-13(7-10-16(15)22)12-5-8-14(23)9-6-12/h5-11,24H,1-4H3. The van der Waals surface area contributed by atoms with E-state index in [1.54, 1.807) is 27.7 Å². The molecule has 26 heavy (non-hydrogen) atoms. The van der Waals surface area contributed by atoms with Gasteiger partial charge in [0, 0.05) is 15.1 Å². The number of carbonyl (C=O) groups is 1. The summed E-state index contributed by atoms with van der Waals surface area (Å²) in [6.45, 7) is 6.96. The summed E-state index contributed by atoms with van der Waals surface area (Å²) >= 11 is 9.49. The van der Waals surface area contributed by atoms with Crippen molar-refractivity contribution >= 4 is 38.9 Å². The molecule has 0 aromatic heterocycles. The second-order valence-electron chi connectivity index (χ2n) is 7.38. The average molecular weight is 436 g/mol. The smallest absolute Gasteiger partial charge is 0.198 e. The first-order valence-corrected chi connectivity index (χ1v) is 9.44. The van der Waals surface area contributed by atoms with E-state index in [0.29, 0.717) is 10.6 Å². The highest BCUT2D eigenvalue weighted by molar-refractivity contribution is 9.10. The molecule has 1 N–H and O–H groups in total. The number of ketones is 1. The summed E-state index contributed by atoms with van der Waals surface area (Å²) in [5.41, 5.74) is 0.846. The number of benzene rings is 2. The molecule has 0 fully saturated rings. The maximum Gasteiger partial charge on any atom is 0.198 e. The molecule has 0 unspecified atom stereocenters. The van der Waals surface area contributed by atoms with E-state index in [1.165, 1.54) is 0 Å². The van der Waals surface area contributed by atoms with Crippen molar-refractivity contribution in [2.24, 2.45) is 0 Å². The first-order chi connectivity index (χ1) is 12.0. The second kappa shape index (κ2) is 6.52. The number of aliphatic hydroxyl groups excluding tert-OH is 1. The van der Waals surface area contributed by atoms with E-state index in [4.69, 9.17) is 16.3 Å². The molecule has 0 saturated heterocycles. The fourth-order valence-corrected chi connectivity index (χ4v) is 3.80. The van der Waals surface area contributed by atoms with Gasteiger partial charge in [-0.15, -0.1) is 0 Å². The van der Waals surface area contributed by atoms with Gasteiger partial charge in [-0.05, 0) is 63.1 Å². The monoisotopic (exact) mass is 434 g/mol. The topological polar surface area (TPSA) is 46.5 Å². The van der Waals surface area contributed by atoms with Gasteiger partial charge in [0.25, 0.3) is 0 Å². The van der Waals surface area contributed by atoms with Crippen LogP contribution < -0.4 is 0 Å². The maximum atomic E-state index is 13.0. The lowest BCUT2D eigenvalue weighted by molar-refractivity contribution is -0.158. The Hall–Kier alpha value is -1.62. The first kappa shape index (κ1) is 19.2. The van der Waals surface area contributed by atoms with Gasteiger partial charge in [-0.3, -0.25) is 4.79 Å². The van der Waals surface area contributed by atoms with E-state index in [9.17, 15) is 9.90 Å². The SMILES string of the molecule is CC1(C)OC(C)(C)C(O)=C(c2cc(-c3ccc(Cl)cc3)ccc2Br)C1=O. The number of hydrogen-bond acceptors (Lipinski definition) is 3. The van der Waals surface area contributed by atoms with Crippen LogP contribution in [-0.4, -0.2) is 22.1 Å². The summed E-state index contributed by atoms with van der Waals surface area (Å²) < 4.78 is 6.55. The fraction of sp³-hybridized carbons (Fsp3) is 0.286. The number of halogens is 2. The predicted octanol–water partition coefficient (Wildman–Crippen LogP) is 6.20. The molecule has 0 saturated carbocycles. The van der Waals surface area contributed by atoms with Crippen molar-refractivity contribution in [2.45, 2.75) is 38.9 Å². The number of ether oxygens (including phenoxy) is 1. The van der Waals surface area contributed by atoms with Gasteiger partial charge in [-0.2, -0.15) is 0 Å². The summed E-state index contributed by atoms with van der Waals surface area (Å²) in [6.07, 6.45) is 0. The van der Waals surface area contributed by atoms with Crippen LogP contribution in [0.15, 0.2) is 52.7 Å². The Bertz CT molecular complexity index is 911. The Balaban J connectivity index is 2.21. The lowest BCUT2D eigenvalue weighted by Crippen LogP contribution is -2.49. The van der Waals surface area contributed by atoms with Crippen molar-refractivity contribution in [1.82, 2.24) is 0 Å². The third kappa shape index (κ3) is 3.34. The zero-order chi connectivity index (χ0) is 19.3. The third-order valence-electron chi connectivity index (χ3n) is 4.50. The minimum atomic E-state index is -1.03. The van der Waals surface area contributed by atoms with E-state index < -0.39 is 11.2 Å². The van der Waals surface area contributed by atoms with Gasteiger partial charge in [0.05, 0.1) is 5.57 Å². The Morgan fingerprint density at radius 1 is 0.962 bits per heavy atom. The molecule has 0 radical (unpaired) electrons. The van der Waals surface area contributed by atoms with Crippen LogP contribution in [0.4, 0.5) is 0 Å². The van der Waals surface area contributed by atoms with E-state index in [0.717, 1.165) is 15.6 Å². The Morgan fingerprint density at radius 2 is 1.54 bits per heavy atom. The summed E-state index contributed by atoms with van der Waals surface area (Å²) in [6, 6.07) is 13.2. The van der Waals surface area contributed by atoms with Crippen molar-refractivity contribution in [3.63, 3.8) is 0 Å². The largest absolute Gasteiger partial charge is 0.508 e. The molecule has 5 heteroatoms. The Kier molecular flexibility index (Phi) is 4.80. The fourth-order valence-electron chi connectivity index (χ4n) is 3.23. The van der Waals surface area contributed by atoms with Crippen LogP contribution in [0.1, 0.15) is 33.3 Å². The van der Waals surface area contributed by atoms with Crippen LogP contribution in [0.2, 0.25) is 5.02 Å². The number of aliphatic hydroxyl groups is 1. The van der Waals surface area contributed by atoms with Gasteiger partial charge in [-0.1, -0.05) is 45.7 Å². The van der Waals surface area contributed by atoms with Gasteiger partial charge in [0.15, 0.2) is 5.78 Å². The highest BCUT2D eigenvalue weighted by atomic mass is 79.9. The van der Waals surface area contributed by atoms with Crippen molar-refractivity contribution in [2.75, 3.05) is 0 Å². The van der Waals surface area contributed by atoms with Crippen LogP contribution in [0, 0.1) is 0 Å². The van der Waals surface area contributed by atoms with Crippen LogP contribution in [0.25, 0.3) is 16.7 Å². The van der Waals surface area contributed by atoms with Crippen molar-refractivity contribution in [3.05, 3.63) is 63.3 Å². The molecular weight excluding hydrogens is 416 g/mol.